The molecule has 0 aliphatic carbocycles. The van der Waals surface area contributed by atoms with E-state index in [0.29, 0.717) is 0 Å². The molecule has 0 unspecified atom stereocenters. The molecule has 3 rings (SSSR count). The van der Waals surface area contributed by atoms with Crippen LogP contribution in [0.5, 0.6) is 5.75 Å². The lowest BCUT2D eigenvalue weighted by atomic mass is 9.96. The number of piperidine rings is 1. The van der Waals surface area contributed by atoms with Crippen LogP contribution in [-0.4, -0.2) is 31.6 Å². The summed E-state index contributed by atoms with van der Waals surface area (Å²) in [5.74, 6) is 1.76. The zero-order valence-corrected chi connectivity index (χ0v) is 14.6. The fourth-order valence-corrected chi connectivity index (χ4v) is 3.45. The Balaban J connectivity index is 1.38. The summed E-state index contributed by atoms with van der Waals surface area (Å²) in [6.45, 7) is 5.47. The van der Waals surface area contributed by atoms with E-state index in [-0.39, 0.29) is 0 Å². The molecule has 1 fully saturated rings. The molecule has 2 aromatic carbocycles. The van der Waals surface area contributed by atoms with E-state index in [0.717, 1.165) is 31.3 Å². The van der Waals surface area contributed by atoms with Crippen molar-refractivity contribution in [3.8, 4) is 5.75 Å². The summed E-state index contributed by atoms with van der Waals surface area (Å²) < 4.78 is 5.41. The van der Waals surface area contributed by atoms with Crippen molar-refractivity contribution in [2.45, 2.75) is 25.9 Å². The van der Waals surface area contributed by atoms with Gasteiger partial charge in [-0.1, -0.05) is 48.5 Å². The van der Waals surface area contributed by atoms with E-state index in [2.05, 4.69) is 52.7 Å². The maximum Gasteiger partial charge on any atom is 0.123 e. The van der Waals surface area contributed by atoms with E-state index < -0.39 is 0 Å². The summed E-state index contributed by atoms with van der Waals surface area (Å²) in [6, 6.07) is 19.0. The van der Waals surface area contributed by atoms with Crippen LogP contribution in [-0.2, 0) is 13.1 Å². The molecule has 1 saturated heterocycles. The third kappa shape index (κ3) is 4.83. The first-order valence-electron chi connectivity index (χ1n) is 8.94. The van der Waals surface area contributed by atoms with E-state index in [9.17, 15) is 0 Å². The van der Waals surface area contributed by atoms with Crippen LogP contribution in [0.3, 0.4) is 0 Å². The summed E-state index contributed by atoms with van der Waals surface area (Å²) >= 11 is 0. The second-order valence-corrected chi connectivity index (χ2v) is 6.65. The standard InChI is InChI=1S/C21H28N2O/c1-24-21-10-6-5-9-20(21)16-22-15-18-11-13-23(14-12-18)17-19-7-3-2-4-8-19/h2-10,18,22H,11-17H2,1H3. The molecule has 0 radical (unpaired) electrons. The van der Waals surface area contributed by atoms with Gasteiger partial charge in [0.25, 0.3) is 0 Å². The fraction of sp³-hybridized carbons (Fsp3) is 0.429. The molecule has 0 amide bonds. The number of hydrogen-bond donors (Lipinski definition) is 1. The zero-order chi connectivity index (χ0) is 16.6. The lowest BCUT2D eigenvalue weighted by molar-refractivity contribution is 0.175. The third-order valence-corrected chi connectivity index (χ3v) is 4.90. The number of benzene rings is 2. The quantitative estimate of drug-likeness (QED) is 0.840. The predicted molar refractivity (Wildman–Crippen MR) is 99.1 cm³/mol. The summed E-state index contributed by atoms with van der Waals surface area (Å²) in [7, 11) is 1.74. The van der Waals surface area contributed by atoms with Crippen LogP contribution >= 0.6 is 0 Å². The van der Waals surface area contributed by atoms with Gasteiger partial charge in [0.15, 0.2) is 0 Å². The van der Waals surface area contributed by atoms with Gasteiger partial charge in [-0.3, -0.25) is 4.90 Å². The zero-order valence-electron chi connectivity index (χ0n) is 14.6. The summed E-state index contributed by atoms with van der Waals surface area (Å²) in [5, 5.41) is 3.61. The second-order valence-electron chi connectivity index (χ2n) is 6.65. The van der Waals surface area contributed by atoms with Crippen LogP contribution in [0.15, 0.2) is 54.6 Å². The second kappa shape index (κ2) is 8.86. The Kier molecular flexibility index (Phi) is 6.27. The van der Waals surface area contributed by atoms with Gasteiger partial charge in [-0.2, -0.15) is 0 Å². The normalized spacial score (nSPS) is 16.2. The number of nitrogens with one attached hydrogen (secondary N) is 1. The fourth-order valence-electron chi connectivity index (χ4n) is 3.45. The predicted octanol–water partition coefficient (Wildman–Crippen LogP) is 3.70. The lowest BCUT2D eigenvalue weighted by Crippen LogP contribution is -2.36. The first-order chi connectivity index (χ1) is 11.8. The Morgan fingerprint density at radius 3 is 2.46 bits per heavy atom. The van der Waals surface area contributed by atoms with Crippen LogP contribution in [0.4, 0.5) is 0 Å². The van der Waals surface area contributed by atoms with Crippen LogP contribution in [0, 0.1) is 5.92 Å². The van der Waals surface area contributed by atoms with Crippen molar-refractivity contribution in [2.24, 2.45) is 5.92 Å². The smallest absolute Gasteiger partial charge is 0.123 e. The van der Waals surface area contributed by atoms with Crippen molar-refractivity contribution >= 4 is 0 Å². The van der Waals surface area contributed by atoms with Crippen molar-refractivity contribution in [3.63, 3.8) is 0 Å². The average Bonchev–Trinajstić information content (AvgIpc) is 2.64. The van der Waals surface area contributed by atoms with Gasteiger partial charge < -0.3 is 10.1 Å². The maximum absolute atomic E-state index is 5.41. The number of rotatable bonds is 7. The summed E-state index contributed by atoms with van der Waals surface area (Å²) in [5.41, 5.74) is 2.66. The van der Waals surface area contributed by atoms with Crippen molar-refractivity contribution in [1.29, 1.82) is 0 Å². The number of para-hydroxylation sites is 1. The molecule has 0 saturated carbocycles. The summed E-state index contributed by atoms with van der Waals surface area (Å²) in [4.78, 5) is 2.58. The van der Waals surface area contributed by atoms with Crippen LogP contribution in [0.1, 0.15) is 24.0 Å². The molecule has 3 heteroatoms. The van der Waals surface area contributed by atoms with Gasteiger partial charge in [0.1, 0.15) is 5.75 Å². The molecule has 0 atom stereocenters. The van der Waals surface area contributed by atoms with E-state index in [4.69, 9.17) is 4.74 Å². The Bertz CT molecular complexity index is 606. The van der Waals surface area contributed by atoms with Gasteiger partial charge in [0.05, 0.1) is 7.11 Å². The molecule has 2 aromatic rings. The molecule has 3 nitrogen and oxygen atoms in total. The molecular weight excluding hydrogens is 296 g/mol. The first-order valence-corrected chi connectivity index (χ1v) is 8.94. The van der Waals surface area contributed by atoms with Gasteiger partial charge in [-0.25, -0.2) is 0 Å². The Labute approximate surface area is 145 Å². The van der Waals surface area contributed by atoms with Crippen molar-refractivity contribution < 1.29 is 4.74 Å². The Morgan fingerprint density at radius 2 is 1.71 bits per heavy atom. The van der Waals surface area contributed by atoms with Gasteiger partial charge in [0.2, 0.25) is 0 Å². The number of ether oxygens (including phenoxy) is 1. The van der Waals surface area contributed by atoms with Crippen LogP contribution in [0.2, 0.25) is 0 Å². The first kappa shape index (κ1) is 17.0. The number of likely N-dealkylation sites (tertiary alicyclic amines) is 1. The SMILES string of the molecule is COc1ccccc1CNCC1CCN(Cc2ccccc2)CC1. The molecule has 0 spiro atoms. The maximum atomic E-state index is 5.41. The molecule has 0 aromatic heterocycles. The highest BCUT2D eigenvalue weighted by molar-refractivity contribution is 5.32. The molecule has 1 aliphatic heterocycles. The van der Waals surface area contributed by atoms with E-state index in [1.807, 2.05) is 12.1 Å². The van der Waals surface area contributed by atoms with E-state index in [1.165, 1.54) is 37.1 Å². The molecule has 1 aliphatic rings. The highest BCUT2D eigenvalue weighted by Crippen LogP contribution is 2.20. The van der Waals surface area contributed by atoms with Gasteiger partial charge in [-0.15, -0.1) is 0 Å². The molecule has 24 heavy (non-hydrogen) atoms. The minimum absolute atomic E-state index is 0.784. The molecule has 1 heterocycles. The highest BCUT2D eigenvalue weighted by Gasteiger charge is 2.18. The molecular formula is C21H28N2O. The number of hydrogen-bond acceptors (Lipinski definition) is 3. The Morgan fingerprint density at radius 1 is 1.00 bits per heavy atom. The Hall–Kier alpha value is -1.84. The molecule has 1 N–H and O–H groups in total. The van der Waals surface area contributed by atoms with Gasteiger partial charge in [-0.05, 0) is 50.0 Å². The largest absolute Gasteiger partial charge is 0.496 e. The topological polar surface area (TPSA) is 24.5 Å². The van der Waals surface area contributed by atoms with Crippen molar-refractivity contribution in [2.75, 3.05) is 26.7 Å². The highest BCUT2D eigenvalue weighted by atomic mass is 16.5. The molecule has 128 valence electrons. The third-order valence-electron chi connectivity index (χ3n) is 4.90. The lowest BCUT2D eigenvalue weighted by Gasteiger charge is -2.32. The van der Waals surface area contributed by atoms with Crippen molar-refractivity contribution in [3.05, 3.63) is 65.7 Å². The monoisotopic (exact) mass is 324 g/mol. The number of methoxy groups -OCH3 is 1. The minimum atomic E-state index is 0.784. The molecule has 0 bridgehead atoms. The van der Waals surface area contributed by atoms with Gasteiger partial charge >= 0.3 is 0 Å². The van der Waals surface area contributed by atoms with Gasteiger partial charge in [0, 0.05) is 18.7 Å². The minimum Gasteiger partial charge on any atom is -0.496 e. The van der Waals surface area contributed by atoms with Crippen LogP contribution in [0.25, 0.3) is 0 Å². The van der Waals surface area contributed by atoms with E-state index >= 15 is 0 Å². The van der Waals surface area contributed by atoms with E-state index in [1.54, 1.807) is 7.11 Å². The number of nitrogens with zero attached hydrogens (tertiary/aromatic N) is 1. The van der Waals surface area contributed by atoms with Crippen molar-refractivity contribution in [1.82, 2.24) is 10.2 Å². The summed E-state index contributed by atoms with van der Waals surface area (Å²) in [6.07, 6.45) is 2.57. The van der Waals surface area contributed by atoms with Crippen LogP contribution < -0.4 is 10.1 Å². The average molecular weight is 324 g/mol.